The van der Waals surface area contributed by atoms with Crippen LogP contribution in [0.15, 0.2) is 16.6 Å². The molecule has 1 N–H and O–H groups in total. The molecule has 0 amide bonds. The molecular formula is C11H12BrFO3. The van der Waals surface area contributed by atoms with Crippen molar-refractivity contribution in [3.05, 3.63) is 33.5 Å². The Labute approximate surface area is 101 Å². The number of hydrogen-bond donors (Lipinski definition) is 1. The van der Waals surface area contributed by atoms with Gasteiger partial charge in [0.25, 0.3) is 0 Å². The van der Waals surface area contributed by atoms with Gasteiger partial charge < -0.3 is 9.84 Å². The molecule has 1 rings (SSSR count). The fourth-order valence-electron chi connectivity index (χ4n) is 1.30. The quantitative estimate of drug-likeness (QED) is 0.870. The van der Waals surface area contributed by atoms with Gasteiger partial charge in [0.2, 0.25) is 0 Å². The number of halogens is 2. The van der Waals surface area contributed by atoms with E-state index in [0.717, 1.165) is 0 Å². The summed E-state index contributed by atoms with van der Waals surface area (Å²) in [5.41, 5.74) is 0.801. The highest BCUT2D eigenvalue weighted by molar-refractivity contribution is 9.10. The first-order valence-electron chi connectivity index (χ1n) is 4.77. The number of carbonyl (C=O) groups is 1. The van der Waals surface area contributed by atoms with E-state index in [2.05, 4.69) is 20.7 Å². The molecule has 0 aliphatic heterocycles. The van der Waals surface area contributed by atoms with Crippen LogP contribution < -0.4 is 0 Å². The summed E-state index contributed by atoms with van der Waals surface area (Å²) in [6.07, 6.45) is -1.47. The molecule has 1 atom stereocenters. The number of carbonyl (C=O) groups excluding carboxylic acids is 1. The summed E-state index contributed by atoms with van der Waals surface area (Å²) < 4.78 is 18.1. The van der Waals surface area contributed by atoms with Gasteiger partial charge in [-0.3, -0.25) is 0 Å². The van der Waals surface area contributed by atoms with Crippen LogP contribution in [0.1, 0.15) is 24.2 Å². The highest BCUT2D eigenvalue weighted by Crippen LogP contribution is 2.28. The average Bonchev–Trinajstić information content (AvgIpc) is 2.22. The predicted molar refractivity (Wildman–Crippen MR) is 60.4 cm³/mol. The van der Waals surface area contributed by atoms with E-state index in [1.165, 1.54) is 12.1 Å². The third kappa shape index (κ3) is 2.80. The van der Waals surface area contributed by atoms with Crippen molar-refractivity contribution in [2.75, 3.05) is 6.61 Å². The van der Waals surface area contributed by atoms with Crippen molar-refractivity contribution >= 4 is 21.9 Å². The van der Waals surface area contributed by atoms with Gasteiger partial charge in [-0.2, -0.15) is 0 Å². The Morgan fingerprint density at radius 1 is 1.62 bits per heavy atom. The van der Waals surface area contributed by atoms with Crippen LogP contribution in [-0.4, -0.2) is 17.7 Å². The number of ether oxygens (including phenoxy) is 1. The molecular weight excluding hydrogens is 279 g/mol. The summed E-state index contributed by atoms with van der Waals surface area (Å²) in [6, 6.07) is 2.85. The van der Waals surface area contributed by atoms with Crippen molar-refractivity contribution in [3.63, 3.8) is 0 Å². The number of rotatable bonds is 3. The molecule has 0 radical (unpaired) electrons. The van der Waals surface area contributed by atoms with Crippen LogP contribution in [0.25, 0.3) is 0 Å². The van der Waals surface area contributed by atoms with Gasteiger partial charge in [-0.05, 0) is 41.4 Å². The maximum absolute atomic E-state index is 13.3. The van der Waals surface area contributed by atoms with Gasteiger partial charge in [-0.15, -0.1) is 0 Å². The Morgan fingerprint density at radius 3 is 2.81 bits per heavy atom. The number of esters is 1. The minimum absolute atomic E-state index is 0.0821. The molecule has 16 heavy (non-hydrogen) atoms. The van der Waals surface area contributed by atoms with Gasteiger partial charge in [0.15, 0.2) is 6.10 Å². The lowest BCUT2D eigenvalue weighted by Gasteiger charge is -2.13. The van der Waals surface area contributed by atoms with Gasteiger partial charge in [-0.1, -0.05) is 6.07 Å². The molecule has 0 spiro atoms. The fourth-order valence-corrected chi connectivity index (χ4v) is 1.74. The number of benzene rings is 1. The zero-order valence-corrected chi connectivity index (χ0v) is 10.5. The molecule has 0 bridgehead atoms. The number of aliphatic hydroxyl groups excluding tert-OH is 1. The Hall–Kier alpha value is -0.940. The average molecular weight is 291 g/mol. The molecule has 1 unspecified atom stereocenters. The zero-order chi connectivity index (χ0) is 12.3. The number of hydrogen-bond acceptors (Lipinski definition) is 3. The van der Waals surface area contributed by atoms with Crippen LogP contribution in [0, 0.1) is 12.7 Å². The van der Waals surface area contributed by atoms with E-state index in [1.807, 2.05) is 0 Å². The van der Waals surface area contributed by atoms with Crippen molar-refractivity contribution in [2.24, 2.45) is 0 Å². The number of aryl methyl sites for hydroxylation is 1. The van der Waals surface area contributed by atoms with Gasteiger partial charge in [-0.25, -0.2) is 9.18 Å². The molecule has 3 nitrogen and oxygen atoms in total. The molecule has 0 fully saturated rings. The van der Waals surface area contributed by atoms with Gasteiger partial charge in [0, 0.05) is 5.56 Å². The van der Waals surface area contributed by atoms with E-state index in [4.69, 9.17) is 0 Å². The maximum atomic E-state index is 13.3. The van der Waals surface area contributed by atoms with Crippen molar-refractivity contribution in [3.8, 4) is 0 Å². The van der Waals surface area contributed by atoms with Crippen LogP contribution in [0.5, 0.6) is 0 Å². The highest BCUT2D eigenvalue weighted by atomic mass is 79.9. The Bertz CT molecular complexity index is 406. The largest absolute Gasteiger partial charge is 0.464 e. The zero-order valence-electron chi connectivity index (χ0n) is 8.96. The standard InChI is InChI=1S/C11H12BrFO3/c1-3-16-11(15)10(14)7-4-6(2)5-8(13)9(7)12/h4-5,10,14H,3H2,1-2H3. The smallest absolute Gasteiger partial charge is 0.339 e. The van der Waals surface area contributed by atoms with Crippen LogP contribution in [0.2, 0.25) is 0 Å². The summed E-state index contributed by atoms with van der Waals surface area (Å²) >= 11 is 2.99. The van der Waals surface area contributed by atoms with E-state index in [-0.39, 0.29) is 16.6 Å². The molecule has 88 valence electrons. The minimum atomic E-state index is -1.47. The molecule has 0 saturated heterocycles. The topological polar surface area (TPSA) is 46.5 Å². The summed E-state index contributed by atoms with van der Waals surface area (Å²) in [5, 5.41) is 9.68. The Balaban J connectivity index is 3.08. The van der Waals surface area contributed by atoms with E-state index >= 15 is 0 Å². The van der Waals surface area contributed by atoms with Crippen LogP contribution in [0.3, 0.4) is 0 Å². The molecule has 0 heterocycles. The summed E-state index contributed by atoms with van der Waals surface area (Å²) in [4.78, 5) is 11.3. The molecule has 0 aliphatic carbocycles. The van der Waals surface area contributed by atoms with Crippen LogP contribution in [0.4, 0.5) is 4.39 Å². The first-order chi connectivity index (χ1) is 7.47. The van der Waals surface area contributed by atoms with Gasteiger partial charge in [0.05, 0.1) is 11.1 Å². The lowest BCUT2D eigenvalue weighted by atomic mass is 10.1. The minimum Gasteiger partial charge on any atom is -0.464 e. The second kappa shape index (κ2) is 5.41. The molecule has 0 aliphatic rings. The van der Waals surface area contributed by atoms with Crippen molar-refractivity contribution < 1.29 is 19.0 Å². The van der Waals surface area contributed by atoms with Crippen LogP contribution >= 0.6 is 15.9 Å². The monoisotopic (exact) mass is 290 g/mol. The molecule has 5 heteroatoms. The Kier molecular flexibility index (Phi) is 4.44. The molecule has 0 aromatic heterocycles. The van der Waals surface area contributed by atoms with Gasteiger partial charge >= 0.3 is 5.97 Å². The van der Waals surface area contributed by atoms with Crippen LogP contribution in [-0.2, 0) is 9.53 Å². The first-order valence-corrected chi connectivity index (χ1v) is 5.57. The van der Waals surface area contributed by atoms with Crippen molar-refractivity contribution in [2.45, 2.75) is 20.0 Å². The summed E-state index contributed by atoms with van der Waals surface area (Å²) in [7, 11) is 0. The van der Waals surface area contributed by atoms with E-state index in [0.29, 0.717) is 5.56 Å². The van der Waals surface area contributed by atoms with E-state index in [1.54, 1.807) is 13.8 Å². The predicted octanol–water partition coefficient (Wildman–Crippen LogP) is 2.49. The van der Waals surface area contributed by atoms with Crippen molar-refractivity contribution in [1.82, 2.24) is 0 Å². The second-order valence-corrected chi connectivity index (χ2v) is 4.10. The normalized spacial score (nSPS) is 12.3. The molecule has 0 saturated carbocycles. The number of aliphatic hydroxyl groups is 1. The molecule has 1 aromatic carbocycles. The van der Waals surface area contributed by atoms with E-state index in [9.17, 15) is 14.3 Å². The maximum Gasteiger partial charge on any atom is 0.339 e. The Morgan fingerprint density at radius 2 is 2.25 bits per heavy atom. The lowest BCUT2D eigenvalue weighted by Crippen LogP contribution is -2.16. The second-order valence-electron chi connectivity index (χ2n) is 3.30. The fraction of sp³-hybridized carbons (Fsp3) is 0.364. The summed E-state index contributed by atoms with van der Waals surface area (Å²) in [5.74, 6) is -1.30. The van der Waals surface area contributed by atoms with Crippen molar-refractivity contribution in [1.29, 1.82) is 0 Å². The SMILES string of the molecule is CCOC(=O)C(O)c1cc(C)cc(F)c1Br. The summed E-state index contributed by atoms with van der Waals surface area (Å²) in [6.45, 7) is 3.48. The van der Waals surface area contributed by atoms with E-state index < -0.39 is 17.9 Å². The highest BCUT2D eigenvalue weighted by Gasteiger charge is 2.23. The first kappa shape index (κ1) is 13.1. The third-order valence-corrected chi connectivity index (χ3v) is 2.84. The third-order valence-electron chi connectivity index (χ3n) is 2.01. The van der Waals surface area contributed by atoms with Gasteiger partial charge in [0.1, 0.15) is 5.82 Å². The lowest BCUT2D eigenvalue weighted by molar-refractivity contribution is -0.153. The molecule has 1 aromatic rings.